The maximum Gasteiger partial charge on any atom is 0.115 e. The Morgan fingerprint density at radius 1 is 1.45 bits per heavy atom. The third-order valence-electron chi connectivity index (χ3n) is 1.64. The lowest BCUT2D eigenvalue weighted by Gasteiger charge is -2.16. The first kappa shape index (κ1) is 6.34. The molecule has 2 bridgehead atoms. The second kappa shape index (κ2) is 2.34. The highest BCUT2D eigenvalue weighted by atomic mass is 15.1. The van der Waals surface area contributed by atoms with Crippen molar-refractivity contribution in [2.45, 2.75) is 6.42 Å². The molecular weight excluding hydrogens is 138 g/mol. The highest BCUT2D eigenvalue weighted by Gasteiger charge is 2.08. The van der Waals surface area contributed by atoms with Gasteiger partial charge in [0.25, 0.3) is 0 Å². The molecule has 2 heterocycles. The summed E-state index contributed by atoms with van der Waals surface area (Å²) in [5, 5.41) is 0. The number of nitrogens with zero attached hydrogens (tertiary/aromatic N) is 3. The van der Waals surface area contributed by atoms with Gasteiger partial charge in [-0.15, -0.1) is 0 Å². The number of aliphatic imine (C=N–C) groups is 2. The average Bonchev–Trinajstić information content (AvgIpc) is 2.11. The van der Waals surface area contributed by atoms with Crippen LogP contribution in [0.4, 0.5) is 0 Å². The summed E-state index contributed by atoms with van der Waals surface area (Å²) in [6.45, 7) is 0. The summed E-state index contributed by atoms with van der Waals surface area (Å²) in [4.78, 5) is 10.1. The van der Waals surface area contributed by atoms with Gasteiger partial charge in [0.05, 0.1) is 5.70 Å². The van der Waals surface area contributed by atoms with E-state index in [0.717, 1.165) is 12.1 Å². The van der Waals surface area contributed by atoms with E-state index in [1.54, 1.807) is 6.34 Å². The summed E-state index contributed by atoms with van der Waals surface area (Å²) in [6, 6.07) is 0. The fourth-order valence-electron chi connectivity index (χ4n) is 1.23. The molecule has 0 amide bonds. The monoisotopic (exact) mass is 147 g/mol. The lowest BCUT2D eigenvalue weighted by Crippen LogP contribution is -2.09. The zero-order valence-electron chi connectivity index (χ0n) is 6.36. The summed E-state index contributed by atoms with van der Waals surface area (Å²) in [6.07, 6.45) is 8.41. The Kier molecular flexibility index (Phi) is 1.35. The second-order valence-electron chi connectivity index (χ2n) is 2.69. The van der Waals surface area contributed by atoms with E-state index in [4.69, 9.17) is 0 Å². The quantitative estimate of drug-likeness (QED) is 0.505. The fraction of sp³-hybridized carbons (Fsp3) is 0.250. The number of rotatable bonds is 0. The molecule has 3 heteroatoms. The molecule has 56 valence electrons. The van der Waals surface area contributed by atoms with Crippen molar-refractivity contribution in [3.05, 3.63) is 23.7 Å². The van der Waals surface area contributed by atoms with Crippen molar-refractivity contribution < 1.29 is 0 Å². The lowest BCUT2D eigenvalue weighted by atomic mass is 10.1. The third-order valence-corrected chi connectivity index (χ3v) is 1.64. The van der Waals surface area contributed by atoms with Crippen molar-refractivity contribution in [1.82, 2.24) is 4.90 Å². The van der Waals surface area contributed by atoms with Crippen LogP contribution >= 0.6 is 0 Å². The van der Waals surface area contributed by atoms with Crippen LogP contribution in [0, 0.1) is 0 Å². The molecule has 0 aliphatic carbocycles. The van der Waals surface area contributed by atoms with Crippen LogP contribution in [-0.2, 0) is 0 Å². The normalized spacial score (nSPS) is 21.0. The van der Waals surface area contributed by atoms with Crippen molar-refractivity contribution >= 4 is 12.6 Å². The summed E-state index contributed by atoms with van der Waals surface area (Å²) in [5.41, 5.74) is 2.28. The first-order chi connectivity index (χ1) is 5.34. The minimum atomic E-state index is 0.907. The fourth-order valence-corrected chi connectivity index (χ4v) is 1.23. The number of hydrogen-bond donors (Lipinski definition) is 0. The van der Waals surface area contributed by atoms with Crippen molar-refractivity contribution in [1.29, 1.82) is 0 Å². The summed E-state index contributed by atoms with van der Waals surface area (Å²) < 4.78 is 0. The largest absolute Gasteiger partial charge is 0.355 e. The molecule has 0 saturated carbocycles. The first-order valence-corrected chi connectivity index (χ1v) is 3.53. The Morgan fingerprint density at radius 3 is 3.27 bits per heavy atom. The first-order valence-electron chi connectivity index (χ1n) is 3.53. The van der Waals surface area contributed by atoms with Gasteiger partial charge in [0.15, 0.2) is 0 Å². The van der Waals surface area contributed by atoms with Gasteiger partial charge in [0, 0.05) is 32.1 Å². The Bertz CT molecular complexity index is 256. The van der Waals surface area contributed by atoms with Gasteiger partial charge in [-0.2, -0.15) is 0 Å². The smallest absolute Gasteiger partial charge is 0.115 e. The molecule has 2 rings (SSSR count). The molecule has 0 aromatic heterocycles. The Morgan fingerprint density at radius 2 is 2.36 bits per heavy atom. The maximum atomic E-state index is 4.15. The van der Waals surface area contributed by atoms with Crippen LogP contribution in [0.25, 0.3) is 0 Å². The van der Waals surface area contributed by atoms with Gasteiger partial charge < -0.3 is 4.90 Å². The van der Waals surface area contributed by atoms with Crippen LogP contribution in [0.15, 0.2) is 33.7 Å². The predicted molar refractivity (Wildman–Crippen MR) is 45.5 cm³/mol. The van der Waals surface area contributed by atoms with Crippen molar-refractivity contribution in [3.8, 4) is 0 Å². The Hall–Kier alpha value is -1.38. The van der Waals surface area contributed by atoms with Gasteiger partial charge in [0.1, 0.15) is 6.34 Å². The van der Waals surface area contributed by atoms with E-state index in [9.17, 15) is 0 Å². The number of fused-ring (bicyclic) bond motifs is 2. The zero-order valence-corrected chi connectivity index (χ0v) is 6.36. The molecule has 0 atom stereocenters. The highest BCUT2D eigenvalue weighted by molar-refractivity contribution is 5.87. The number of hydrogen-bond acceptors (Lipinski definition) is 3. The molecule has 2 aliphatic heterocycles. The molecule has 0 N–H and O–H groups in total. The standard InChI is InChI=1S/C8H9N3/c1-11-4-7-2-8(5-11)10-6-9-3-7/h3-6H,2H2,1H3. The molecule has 0 radical (unpaired) electrons. The summed E-state index contributed by atoms with van der Waals surface area (Å²) in [5.74, 6) is 0. The van der Waals surface area contributed by atoms with E-state index < -0.39 is 0 Å². The van der Waals surface area contributed by atoms with E-state index in [1.165, 1.54) is 5.57 Å². The van der Waals surface area contributed by atoms with Crippen LogP contribution < -0.4 is 0 Å². The minimum absolute atomic E-state index is 0.907. The van der Waals surface area contributed by atoms with E-state index in [1.807, 2.05) is 24.4 Å². The van der Waals surface area contributed by atoms with Crippen LogP contribution in [0.2, 0.25) is 0 Å². The van der Waals surface area contributed by atoms with Gasteiger partial charge in [-0.25, -0.2) is 9.98 Å². The van der Waals surface area contributed by atoms with Gasteiger partial charge in [-0.1, -0.05) is 0 Å². The molecule has 0 fully saturated rings. The van der Waals surface area contributed by atoms with Crippen molar-refractivity contribution in [2.24, 2.45) is 9.98 Å². The topological polar surface area (TPSA) is 28.0 Å². The maximum absolute atomic E-state index is 4.15. The molecular formula is C8H9N3. The molecule has 0 spiro atoms. The molecule has 0 aromatic carbocycles. The summed E-state index contributed by atoms with van der Waals surface area (Å²) in [7, 11) is 1.99. The van der Waals surface area contributed by atoms with E-state index in [-0.39, 0.29) is 0 Å². The van der Waals surface area contributed by atoms with Gasteiger partial charge in [-0.3, -0.25) is 0 Å². The van der Waals surface area contributed by atoms with Crippen LogP contribution in [0.1, 0.15) is 6.42 Å². The predicted octanol–water partition coefficient (Wildman–Crippen LogP) is 1.16. The molecule has 2 aliphatic rings. The van der Waals surface area contributed by atoms with Crippen LogP contribution in [-0.4, -0.2) is 24.5 Å². The highest BCUT2D eigenvalue weighted by Crippen LogP contribution is 2.18. The van der Waals surface area contributed by atoms with Gasteiger partial charge in [-0.05, 0) is 5.57 Å². The van der Waals surface area contributed by atoms with Crippen LogP contribution in [0.5, 0.6) is 0 Å². The summed E-state index contributed by atoms with van der Waals surface area (Å²) >= 11 is 0. The second-order valence-corrected chi connectivity index (χ2v) is 2.69. The Balaban J connectivity index is 2.40. The molecule has 0 aromatic rings. The third kappa shape index (κ3) is 1.22. The Labute approximate surface area is 65.5 Å². The molecule has 0 saturated heterocycles. The molecule has 11 heavy (non-hydrogen) atoms. The van der Waals surface area contributed by atoms with E-state index >= 15 is 0 Å². The molecule has 3 nitrogen and oxygen atoms in total. The van der Waals surface area contributed by atoms with E-state index in [0.29, 0.717) is 0 Å². The van der Waals surface area contributed by atoms with Gasteiger partial charge in [0.2, 0.25) is 0 Å². The van der Waals surface area contributed by atoms with Crippen LogP contribution in [0.3, 0.4) is 0 Å². The van der Waals surface area contributed by atoms with Crippen molar-refractivity contribution in [2.75, 3.05) is 7.05 Å². The molecule has 0 unspecified atom stereocenters. The van der Waals surface area contributed by atoms with Crippen molar-refractivity contribution in [3.63, 3.8) is 0 Å². The van der Waals surface area contributed by atoms with E-state index in [2.05, 4.69) is 16.2 Å². The minimum Gasteiger partial charge on any atom is -0.355 e. The SMILES string of the molecule is CN1C=C2C=NC=NC(=C1)C2. The lowest BCUT2D eigenvalue weighted by molar-refractivity contribution is 0.598. The number of allylic oxidation sites excluding steroid dienone is 1. The average molecular weight is 147 g/mol. The van der Waals surface area contributed by atoms with Gasteiger partial charge >= 0.3 is 0 Å². The zero-order chi connectivity index (χ0) is 7.68.